The summed E-state index contributed by atoms with van der Waals surface area (Å²) >= 11 is 0. The summed E-state index contributed by atoms with van der Waals surface area (Å²) < 4.78 is 5.38. The van der Waals surface area contributed by atoms with Crippen LogP contribution in [0.15, 0.2) is 0 Å². The quantitative estimate of drug-likeness (QED) is 0.546. The second-order valence-electron chi connectivity index (χ2n) is 4.71. The van der Waals surface area contributed by atoms with Crippen molar-refractivity contribution in [1.29, 1.82) is 0 Å². The van der Waals surface area contributed by atoms with Crippen molar-refractivity contribution in [2.45, 2.75) is 38.2 Å². The second kappa shape index (κ2) is 2.81. The zero-order valence-corrected chi connectivity index (χ0v) is 8.07. The van der Waals surface area contributed by atoms with Crippen LogP contribution >= 0.6 is 0 Å². The average molecular weight is 194 g/mol. The third-order valence-corrected chi connectivity index (χ3v) is 4.04. The lowest BCUT2D eigenvalue weighted by Gasteiger charge is -2.47. The predicted molar refractivity (Wildman–Crippen MR) is 48.4 cm³/mol. The van der Waals surface area contributed by atoms with E-state index in [0.717, 1.165) is 25.7 Å². The summed E-state index contributed by atoms with van der Waals surface area (Å²) in [6.45, 7) is 0. The van der Waals surface area contributed by atoms with Crippen LogP contribution in [0.25, 0.3) is 0 Å². The number of carbonyl (C=O) groups is 2. The molecule has 4 bridgehead atoms. The maximum Gasteiger partial charge on any atom is 0.309 e. The van der Waals surface area contributed by atoms with E-state index < -0.39 is 0 Å². The maximum atomic E-state index is 11.8. The van der Waals surface area contributed by atoms with Gasteiger partial charge in [0.05, 0.1) is 5.92 Å². The Bertz CT molecular complexity index is 295. The molecule has 0 aromatic heterocycles. The standard InChI is InChI=1S/C11H14O3/c12-8-4-5-9-6-2-1-3-7(10(6)8)11(13)14-9/h6-7,9-10H,1-5H2/t6-,7-,9-,10+/m1/s1. The fourth-order valence-corrected chi connectivity index (χ4v) is 3.42. The molecular formula is C11H14O3. The van der Waals surface area contributed by atoms with Crippen LogP contribution in [0.1, 0.15) is 32.1 Å². The van der Waals surface area contributed by atoms with Gasteiger partial charge in [-0.25, -0.2) is 0 Å². The molecule has 1 saturated heterocycles. The number of ether oxygens (including phenoxy) is 1. The first-order valence-electron chi connectivity index (χ1n) is 5.50. The van der Waals surface area contributed by atoms with E-state index in [9.17, 15) is 9.59 Å². The smallest absolute Gasteiger partial charge is 0.309 e. The van der Waals surface area contributed by atoms with Gasteiger partial charge in [0.1, 0.15) is 11.9 Å². The fraction of sp³-hybridized carbons (Fsp3) is 0.818. The first-order chi connectivity index (χ1) is 6.77. The van der Waals surface area contributed by atoms with Gasteiger partial charge in [-0.1, -0.05) is 6.42 Å². The lowest BCUT2D eigenvalue weighted by Crippen LogP contribution is -2.53. The van der Waals surface area contributed by atoms with Gasteiger partial charge in [0.2, 0.25) is 0 Å². The molecule has 0 radical (unpaired) electrons. The third kappa shape index (κ3) is 0.983. The minimum Gasteiger partial charge on any atom is -0.462 e. The van der Waals surface area contributed by atoms with E-state index in [4.69, 9.17) is 4.74 Å². The van der Waals surface area contributed by atoms with Crippen LogP contribution in [0.4, 0.5) is 0 Å². The molecule has 1 aliphatic heterocycles. The minimum atomic E-state index is -0.107. The number of rotatable bonds is 0. The summed E-state index contributed by atoms with van der Waals surface area (Å²) in [6.07, 6.45) is 4.46. The largest absolute Gasteiger partial charge is 0.462 e. The molecule has 2 saturated carbocycles. The third-order valence-electron chi connectivity index (χ3n) is 4.04. The monoisotopic (exact) mass is 194 g/mol. The molecule has 4 atom stereocenters. The summed E-state index contributed by atoms with van der Waals surface area (Å²) in [6, 6.07) is 0. The molecule has 3 nitrogen and oxygen atoms in total. The highest BCUT2D eigenvalue weighted by molar-refractivity contribution is 5.89. The van der Waals surface area contributed by atoms with Crippen molar-refractivity contribution in [2.24, 2.45) is 17.8 Å². The molecule has 1 heterocycles. The SMILES string of the molecule is O=C1CC[C@H]2OC(=O)[C@@H]3CCC[C@H]2[C@H]13. The van der Waals surface area contributed by atoms with Gasteiger partial charge < -0.3 is 4.74 Å². The summed E-state index contributed by atoms with van der Waals surface area (Å²) in [5.74, 6) is 0.478. The van der Waals surface area contributed by atoms with Crippen LogP contribution in [0.3, 0.4) is 0 Å². The van der Waals surface area contributed by atoms with Gasteiger partial charge in [-0.2, -0.15) is 0 Å². The van der Waals surface area contributed by atoms with Crippen LogP contribution in [-0.2, 0) is 14.3 Å². The van der Waals surface area contributed by atoms with Gasteiger partial charge in [-0.15, -0.1) is 0 Å². The molecule has 0 spiro atoms. The molecule has 76 valence electrons. The summed E-state index contributed by atoms with van der Waals surface area (Å²) in [7, 11) is 0. The Hall–Kier alpha value is -0.860. The zero-order valence-electron chi connectivity index (χ0n) is 8.07. The van der Waals surface area contributed by atoms with Crippen molar-refractivity contribution >= 4 is 11.8 Å². The van der Waals surface area contributed by atoms with Crippen LogP contribution < -0.4 is 0 Å². The predicted octanol–water partition coefficient (Wildman–Crippen LogP) is 1.31. The van der Waals surface area contributed by atoms with Gasteiger partial charge in [0.15, 0.2) is 0 Å². The molecule has 0 N–H and O–H groups in total. The second-order valence-corrected chi connectivity index (χ2v) is 4.71. The summed E-state index contributed by atoms with van der Waals surface area (Å²) in [5, 5.41) is 0. The summed E-state index contributed by atoms with van der Waals surface area (Å²) in [4.78, 5) is 23.3. The van der Waals surface area contributed by atoms with Crippen molar-refractivity contribution in [3.63, 3.8) is 0 Å². The Morgan fingerprint density at radius 3 is 2.86 bits per heavy atom. The molecule has 3 fully saturated rings. The summed E-state index contributed by atoms with van der Waals surface area (Å²) in [5.41, 5.74) is 0. The van der Waals surface area contributed by atoms with Crippen molar-refractivity contribution in [1.82, 2.24) is 0 Å². The van der Waals surface area contributed by atoms with Crippen molar-refractivity contribution in [3.05, 3.63) is 0 Å². The molecule has 0 unspecified atom stereocenters. The van der Waals surface area contributed by atoms with E-state index >= 15 is 0 Å². The molecule has 3 aliphatic rings. The Balaban J connectivity index is 1.99. The fourth-order valence-electron chi connectivity index (χ4n) is 3.42. The van der Waals surface area contributed by atoms with E-state index in [2.05, 4.69) is 0 Å². The van der Waals surface area contributed by atoms with Crippen LogP contribution in [0.5, 0.6) is 0 Å². The molecule has 2 aliphatic carbocycles. The van der Waals surface area contributed by atoms with Gasteiger partial charge in [0, 0.05) is 18.3 Å². The van der Waals surface area contributed by atoms with E-state index in [1.54, 1.807) is 0 Å². The van der Waals surface area contributed by atoms with E-state index in [0.29, 0.717) is 18.1 Å². The lowest BCUT2D eigenvalue weighted by atomic mass is 9.62. The van der Waals surface area contributed by atoms with E-state index in [1.807, 2.05) is 0 Å². The average Bonchev–Trinajstić information content (AvgIpc) is 2.19. The van der Waals surface area contributed by atoms with Crippen molar-refractivity contribution < 1.29 is 14.3 Å². The number of carbonyl (C=O) groups excluding carboxylic acids is 2. The molecule has 0 amide bonds. The minimum absolute atomic E-state index is 0.0174. The molecule has 0 aromatic rings. The highest BCUT2D eigenvalue weighted by atomic mass is 16.5. The van der Waals surface area contributed by atoms with E-state index in [-0.39, 0.29) is 23.9 Å². The van der Waals surface area contributed by atoms with Crippen molar-refractivity contribution in [3.8, 4) is 0 Å². The molecule has 14 heavy (non-hydrogen) atoms. The maximum absolute atomic E-state index is 11.8. The number of ketones is 1. The number of esters is 1. The Morgan fingerprint density at radius 1 is 1.14 bits per heavy atom. The number of hydrogen-bond acceptors (Lipinski definition) is 3. The number of hydrogen-bond donors (Lipinski definition) is 0. The Kier molecular flexibility index (Phi) is 1.70. The van der Waals surface area contributed by atoms with Gasteiger partial charge in [-0.3, -0.25) is 9.59 Å². The molecule has 3 heteroatoms. The highest BCUT2D eigenvalue weighted by Crippen LogP contribution is 2.47. The normalized spacial score (nSPS) is 46.0. The van der Waals surface area contributed by atoms with Crippen LogP contribution in [-0.4, -0.2) is 17.9 Å². The van der Waals surface area contributed by atoms with Crippen LogP contribution in [0, 0.1) is 17.8 Å². The number of Topliss-reactive ketones (excluding diaryl/α,β-unsaturated/α-hetero) is 1. The highest BCUT2D eigenvalue weighted by Gasteiger charge is 2.52. The molecular weight excluding hydrogens is 180 g/mol. The van der Waals surface area contributed by atoms with Gasteiger partial charge in [0.25, 0.3) is 0 Å². The topological polar surface area (TPSA) is 43.4 Å². The van der Waals surface area contributed by atoms with Crippen LogP contribution in [0.2, 0.25) is 0 Å². The van der Waals surface area contributed by atoms with E-state index in [1.165, 1.54) is 0 Å². The Morgan fingerprint density at radius 2 is 2.00 bits per heavy atom. The lowest BCUT2D eigenvalue weighted by molar-refractivity contribution is -0.186. The van der Waals surface area contributed by atoms with Gasteiger partial charge in [-0.05, 0) is 19.3 Å². The zero-order chi connectivity index (χ0) is 9.71. The first kappa shape index (κ1) is 8.45. The first-order valence-corrected chi connectivity index (χ1v) is 5.50. The molecule has 3 rings (SSSR count). The van der Waals surface area contributed by atoms with Crippen molar-refractivity contribution in [2.75, 3.05) is 0 Å². The molecule has 0 aromatic carbocycles. The Labute approximate surface area is 82.8 Å². The van der Waals surface area contributed by atoms with Gasteiger partial charge >= 0.3 is 5.97 Å².